The van der Waals surface area contributed by atoms with E-state index in [0.717, 1.165) is 37.7 Å². The Balaban J connectivity index is 1.22. The molecule has 3 aliphatic heterocycles. The van der Waals surface area contributed by atoms with Crippen LogP contribution in [-0.2, 0) is 6.54 Å². The summed E-state index contributed by atoms with van der Waals surface area (Å²) in [6.07, 6.45) is 2.61. The fourth-order valence-electron chi connectivity index (χ4n) is 5.06. The molecule has 3 saturated heterocycles. The molecule has 1 aliphatic carbocycles. The van der Waals surface area contributed by atoms with Crippen LogP contribution in [-0.4, -0.2) is 66.6 Å². The van der Waals surface area contributed by atoms with Crippen LogP contribution in [0.25, 0.3) is 0 Å². The molecule has 0 spiro atoms. The van der Waals surface area contributed by atoms with E-state index in [1.165, 1.54) is 23.9 Å². The van der Waals surface area contributed by atoms with Crippen LogP contribution < -0.4 is 10.1 Å². The van der Waals surface area contributed by atoms with Gasteiger partial charge >= 0.3 is 0 Å². The topological polar surface area (TPSA) is 70.8 Å². The molecule has 2 bridgehead atoms. The number of benzene rings is 1. The Kier molecular flexibility index (Phi) is 4.80. The Bertz CT molecular complexity index is 889. The average molecular weight is 396 g/mol. The molecule has 1 N–H and O–H groups in total. The highest BCUT2D eigenvalue weighted by Crippen LogP contribution is 2.48. The van der Waals surface area contributed by atoms with Crippen molar-refractivity contribution in [2.45, 2.75) is 31.8 Å². The van der Waals surface area contributed by atoms with Crippen molar-refractivity contribution >= 4 is 5.91 Å². The number of ether oxygens (including phenoxy) is 1. The summed E-state index contributed by atoms with van der Waals surface area (Å²) in [6, 6.07) is 6.72. The van der Waals surface area contributed by atoms with Gasteiger partial charge in [-0.3, -0.25) is 9.69 Å². The third-order valence-electron chi connectivity index (χ3n) is 6.73. The van der Waals surface area contributed by atoms with Crippen LogP contribution in [0.2, 0.25) is 0 Å². The maximum Gasteiger partial charge on any atom is 0.276 e. The number of aromatic nitrogens is 1. The van der Waals surface area contributed by atoms with Crippen LogP contribution in [0.1, 0.15) is 39.7 Å². The zero-order valence-electron chi connectivity index (χ0n) is 17.1. The predicted octanol–water partition coefficient (Wildman–Crippen LogP) is 2.02. The molecule has 1 aromatic carbocycles. The number of carbonyl (C=O) groups excluding carboxylic acids is 1. The first-order chi connectivity index (χ1) is 14.1. The first-order valence-electron chi connectivity index (χ1n) is 10.5. The second kappa shape index (κ2) is 7.46. The summed E-state index contributed by atoms with van der Waals surface area (Å²) in [5, 5.41) is 3.49. The summed E-state index contributed by atoms with van der Waals surface area (Å²) in [6.45, 7) is 7.03. The summed E-state index contributed by atoms with van der Waals surface area (Å²) < 4.78 is 11.2. The minimum atomic E-state index is 0.00726. The van der Waals surface area contributed by atoms with Gasteiger partial charge in [0.15, 0.2) is 12.1 Å². The van der Waals surface area contributed by atoms with E-state index >= 15 is 0 Å². The SMILES string of the molecule is COc1ccc(C)cc1CN1CCN(C(=O)c2ncoc2C2C3CNC2C3)CC1. The number of piperazine rings is 1. The summed E-state index contributed by atoms with van der Waals surface area (Å²) in [4.78, 5) is 21.7. The monoisotopic (exact) mass is 396 g/mol. The number of fused-ring (bicyclic) bond motifs is 1. The molecular weight excluding hydrogens is 368 g/mol. The summed E-state index contributed by atoms with van der Waals surface area (Å²) in [7, 11) is 1.71. The molecule has 1 aromatic heterocycles. The van der Waals surface area contributed by atoms with Crippen LogP contribution >= 0.6 is 0 Å². The first-order valence-corrected chi connectivity index (χ1v) is 10.5. The predicted molar refractivity (Wildman–Crippen MR) is 108 cm³/mol. The van der Waals surface area contributed by atoms with Crippen molar-refractivity contribution in [3.8, 4) is 5.75 Å². The van der Waals surface area contributed by atoms with Crippen molar-refractivity contribution in [2.24, 2.45) is 5.92 Å². The number of nitrogens with zero attached hydrogens (tertiary/aromatic N) is 3. The van der Waals surface area contributed by atoms with E-state index in [0.29, 0.717) is 36.7 Å². The Morgan fingerprint density at radius 1 is 1.31 bits per heavy atom. The van der Waals surface area contributed by atoms with E-state index in [1.807, 2.05) is 11.0 Å². The summed E-state index contributed by atoms with van der Waals surface area (Å²) in [5.41, 5.74) is 2.94. The van der Waals surface area contributed by atoms with Crippen LogP contribution in [0.15, 0.2) is 29.0 Å². The molecule has 4 fully saturated rings. The number of amides is 1. The van der Waals surface area contributed by atoms with Crippen LogP contribution in [0, 0.1) is 12.8 Å². The molecule has 3 unspecified atom stereocenters. The van der Waals surface area contributed by atoms with Gasteiger partial charge in [0.1, 0.15) is 11.5 Å². The van der Waals surface area contributed by atoms with Crippen molar-refractivity contribution in [1.82, 2.24) is 20.1 Å². The molecule has 7 nitrogen and oxygen atoms in total. The average Bonchev–Trinajstić information content (AvgIpc) is 3.46. The minimum Gasteiger partial charge on any atom is -0.496 e. The van der Waals surface area contributed by atoms with Gasteiger partial charge in [0, 0.05) is 50.2 Å². The van der Waals surface area contributed by atoms with Crippen molar-refractivity contribution in [1.29, 1.82) is 0 Å². The van der Waals surface area contributed by atoms with Gasteiger partial charge in [-0.15, -0.1) is 0 Å². The minimum absolute atomic E-state index is 0.00726. The second-order valence-corrected chi connectivity index (χ2v) is 8.49. The normalized spacial score (nSPS) is 26.4. The van der Waals surface area contributed by atoms with Gasteiger partial charge in [-0.2, -0.15) is 0 Å². The molecule has 154 valence electrons. The third kappa shape index (κ3) is 3.32. The fourth-order valence-corrected chi connectivity index (χ4v) is 5.06. The maximum atomic E-state index is 13.1. The zero-order valence-corrected chi connectivity index (χ0v) is 17.1. The lowest BCUT2D eigenvalue weighted by atomic mass is 9.72. The molecule has 3 atom stereocenters. The Morgan fingerprint density at radius 2 is 2.14 bits per heavy atom. The zero-order chi connectivity index (χ0) is 20.0. The highest BCUT2D eigenvalue weighted by atomic mass is 16.5. The van der Waals surface area contributed by atoms with Crippen LogP contribution in [0.4, 0.5) is 0 Å². The van der Waals surface area contributed by atoms with Gasteiger partial charge in [-0.25, -0.2) is 4.98 Å². The van der Waals surface area contributed by atoms with Crippen molar-refractivity contribution in [2.75, 3.05) is 39.8 Å². The Morgan fingerprint density at radius 3 is 2.83 bits per heavy atom. The number of carbonyl (C=O) groups is 1. The van der Waals surface area contributed by atoms with E-state index in [4.69, 9.17) is 9.15 Å². The van der Waals surface area contributed by atoms with E-state index < -0.39 is 0 Å². The van der Waals surface area contributed by atoms with Gasteiger partial charge in [0.25, 0.3) is 5.91 Å². The highest BCUT2D eigenvalue weighted by Gasteiger charge is 2.50. The quantitative estimate of drug-likeness (QED) is 0.834. The maximum absolute atomic E-state index is 13.1. The molecule has 0 radical (unpaired) electrons. The van der Waals surface area contributed by atoms with Gasteiger partial charge in [-0.1, -0.05) is 17.7 Å². The number of hydrogen-bond donors (Lipinski definition) is 1. The first kappa shape index (κ1) is 18.6. The smallest absolute Gasteiger partial charge is 0.276 e. The lowest BCUT2D eigenvalue weighted by molar-refractivity contribution is 0.0617. The molecule has 1 saturated carbocycles. The van der Waals surface area contributed by atoms with Gasteiger partial charge in [0.05, 0.1) is 7.11 Å². The Hall–Kier alpha value is -2.38. The molecule has 4 heterocycles. The highest BCUT2D eigenvalue weighted by molar-refractivity contribution is 5.93. The van der Waals surface area contributed by atoms with E-state index in [9.17, 15) is 4.79 Å². The molecule has 7 heteroatoms. The molecular formula is C22H28N4O3. The summed E-state index contributed by atoms with van der Waals surface area (Å²) in [5.74, 6) is 2.61. The van der Waals surface area contributed by atoms with Gasteiger partial charge in [-0.05, 0) is 31.9 Å². The molecule has 2 aromatic rings. The molecule has 4 aliphatic rings. The van der Waals surface area contributed by atoms with Crippen molar-refractivity contribution < 1.29 is 13.9 Å². The molecule has 1 amide bonds. The van der Waals surface area contributed by atoms with E-state index in [1.54, 1.807) is 7.11 Å². The van der Waals surface area contributed by atoms with Gasteiger partial charge in [0.2, 0.25) is 0 Å². The van der Waals surface area contributed by atoms with Crippen molar-refractivity contribution in [3.05, 3.63) is 47.2 Å². The largest absolute Gasteiger partial charge is 0.496 e. The number of aryl methyl sites for hydroxylation is 1. The van der Waals surface area contributed by atoms with E-state index in [-0.39, 0.29) is 5.91 Å². The second-order valence-electron chi connectivity index (χ2n) is 8.49. The lowest BCUT2D eigenvalue weighted by Crippen LogP contribution is -2.48. The standard InChI is InChI=1S/C22H28N4O3/c1-14-3-4-18(28-2)16(9-14)12-25-5-7-26(8-6-25)22(27)20-21(29-13-24-20)19-15-10-17(19)23-11-15/h3-4,9,13,15,17,19,23H,5-8,10-12H2,1-2H3. The number of rotatable bonds is 5. The number of nitrogens with one attached hydrogen (secondary N) is 1. The number of oxazole rings is 1. The van der Waals surface area contributed by atoms with Crippen LogP contribution in [0.3, 0.4) is 0 Å². The van der Waals surface area contributed by atoms with Gasteiger partial charge < -0.3 is 19.4 Å². The molecule has 6 rings (SSSR count). The van der Waals surface area contributed by atoms with E-state index in [2.05, 4.69) is 34.3 Å². The third-order valence-corrected chi connectivity index (χ3v) is 6.73. The summed E-state index contributed by atoms with van der Waals surface area (Å²) >= 11 is 0. The Labute approximate surface area is 171 Å². The number of methoxy groups -OCH3 is 1. The number of hydrogen-bond acceptors (Lipinski definition) is 6. The van der Waals surface area contributed by atoms with Crippen molar-refractivity contribution in [3.63, 3.8) is 0 Å². The molecule has 29 heavy (non-hydrogen) atoms. The fraction of sp³-hybridized carbons (Fsp3) is 0.545. The lowest BCUT2D eigenvalue weighted by Gasteiger charge is -2.36. The van der Waals surface area contributed by atoms with Crippen LogP contribution in [0.5, 0.6) is 5.75 Å².